The fraction of sp³-hybridized carbons (Fsp3) is 0.524. The van der Waals surface area contributed by atoms with Gasteiger partial charge < -0.3 is 24.9 Å². The minimum absolute atomic E-state index is 0.00255. The molecule has 1 aromatic rings. The Morgan fingerprint density at radius 1 is 1.09 bits per heavy atom. The van der Waals surface area contributed by atoms with Crippen LogP contribution >= 0.6 is 7.82 Å². The van der Waals surface area contributed by atoms with Crippen LogP contribution in [-0.4, -0.2) is 57.5 Å². The van der Waals surface area contributed by atoms with Gasteiger partial charge in [0.1, 0.15) is 17.4 Å². The van der Waals surface area contributed by atoms with Gasteiger partial charge in [-0.1, -0.05) is 6.92 Å². The highest BCUT2D eigenvalue weighted by Crippen LogP contribution is 2.35. The number of rotatable bonds is 5. The number of nitrogens with one attached hydrogen (secondary N) is 1. The quantitative estimate of drug-likeness (QED) is 0.207. The predicted molar refractivity (Wildman–Crippen MR) is 116 cm³/mol. The number of hydrogen-bond acceptors (Lipinski definition) is 9. The van der Waals surface area contributed by atoms with E-state index in [2.05, 4.69) is 9.84 Å². The number of aromatic hydroxyl groups is 1. The molecule has 0 saturated heterocycles. The number of aryl methyl sites for hydroxylation is 1. The molecule has 1 aliphatic heterocycles. The number of benzene rings is 1. The molecule has 0 bridgehead atoms. The van der Waals surface area contributed by atoms with E-state index in [9.17, 15) is 28.8 Å². The molecule has 182 valence electrons. The van der Waals surface area contributed by atoms with Crippen LogP contribution < -0.4 is 5.32 Å². The summed E-state index contributed by atoms with van der Waals surface area (Å²) in [7, 11) is -4.62. The molecule has 0 fully saturated rings. The van der Waals surface area contributed by atoms with Gasteiger partial charge in [-0.05, 0) is 43.7 Å². The molecule has 2 atom stereocenters. The highest BCUT2D eigenvalue weighted by Gasteiger charge is 2.27. The van der Waals surface area contributed by atoms with Crippen molar-refractivity contribution in [1.29, 1.82) is 0 Å². The Labute approximate surface area is 190 Å². The van der Waals surface area contributed by atoms with Crippen molar-refractivity contribution in [2.45, 2.75) is 52.1 Å². The number of esters is 1. The number of Topliss-reactive ketones (excluding diaryl/α,β-unsaturated/α-hetero) is 3. The summed E-state index contributed by atoms with van der Waals surface area (Å²) in [4.78, 5) is 66.4. The van der Waals surface area contributed by atoms with Crippen LogP contribution in [0.15, 0.2) is 12.1 Å². The second-order valence-electron chi connectivity index (χ2n) is 7.94. The van der Waals surface area contributed by atoms with Gasteiger partial charge in [0.2, 0.25) is 11.6 Å². The van der Waals surface area contributed by atoms with Crippen LogP contribution in [0.5, 0.6) is 5.75 Å². The molecule has 1 aromatic carbocycles. The van der Waals surface area contributed by atoms with Crippen molar-refractivity contribution in [3.8, 4) is 5.75 Å². The number of ether oxygens (including phenoxy) is 1. The molecule has 11 nitrogen and oxygen atoms in total. The van der Waals surface area contributed by atoms with Crippen LogP contribution in [0.25, 0.3) is 0 Å². The van der Waals surface area contributed by atoms with Gasteiger partial charge >= 0.3 is 13.8 Å². The maximum absolute atomic E-state index is 12.8. The average molecular weight is 485 g/mol. The van der Waals surface area contributed by atoms with E-state index in [0.29, 0.717) is 11.3 Å². The molecule has 2 rings (SSSR count). The summed E-state index contributed by atoms with van der Waals surface area (Å²) in [5, 5.41) is 13.3. The first-order chi connectivity index (χ1) is 15.4. The Bertz CT molecular complexity index is 970. The van der Waals surface area contributed by atoms with Crippen molar-refractivity contribution in [2.75, 3.05) is 18.5 Å². The minimum Gasteiger partial charge on any atom is -0.507 e. The largest absolute Gasteiger partial charge is 0.507 e. The lowest BCUT2D eigenvalue weighted by Gasteiger charge is -2.22. The number of phenols is 1. The van der Waals surface area contributed by atoms with E-state index in [-0.39, 0.29) is 62.5 Å². The summed E-state index contributed by atoms with van der Waals surface area (Å²) in [5.41, 5.74) is 0.619. The first kappa shape index (κ1) is 26.7. The lowest BCUT2D eigenvalue weighted by molar-refractivity contribution is -0.144. The molecule has 0 amide bonds. The zero-order valence-corrected chi connectivity index (χ0v) is 19.3. The number of phosphoric ester groups is 1. The summed E-state index contributed by atoms with van der Waals surface area (Å²) >= 11 is 0. The van der Waals surface area contributed by atoms with Crippen molar-refractivity contribution in [1.82, 2.24) is 0 Å². The third-order valence-electron chi connectivity index (χ3n) is 5.37. The minimum atomic E-state index is -4.62. The standard InChI is InChI=1S/C21H28NO10P/c1-12-6-7-17(24)20(26)16(23)5-3-4-14-10-15(22-8-9-31-33(28,29)30)11-18(25)19(14)21(27)32-13(12)2/h10-13,22,25H,3-9H2,1-2H3,(H2,28,29,30)/t12-,13+/m1/s1. The molecule has 1 aliphatic rings. The molecule has 1 heterocycles. The Balaban J connectivity index is 2.29. The first-order valence-corrected chi connectivity index (χ1v) is 12.0. The molecular weight excluding hydrogens is 457 g/mol. The second-order valence-corrected chi connectivity index (χ2v) is 9.17. The molecule has 0 saturated carbocycles. The van der Waals surface area contributed by atoms with Crippen molar-refractivity contribution in [2.24, 2.45) is 5.92 Å². The van der Waals surface area contributed by atoms with Crippen LogP contribution in [-0.2, 0) is 34.6 Å². The number of cyclic esters (lactones) is 1. The SMILES string of the molecule is C[C@@H]1CCC(=O)C(=O)C(=O)CCCc2cc(NCCOP(=O)(O)O)cc(O)c2C(=O)O[C@H]1C. The predicted octanol–water partition coefficient (Wildman–Crippen LogP) is 1.92. The summed E-state index contributed by atoms with van der Waals surface area (Å²) in [6.45, 7) is 3.07. The second kappa shape index (κ2) is 11.5. The number of ketones is 3. The Morgan fingerprint density at radius 2 is 1.76 bits per heavy atom. The number of carbonyl (C=O) groups excluding carboxylic acids is 4. The molecular formula is C21H28NO10P. The number of carbonyl (C=O) groups is 4. The molecule has 33 heavy (non-hydrogen) atoms. The molecule has 0 aromatic heterocycles. The normalized spacial score (nSPS) is 21.2. The van der Waals surface area contributed by atoms with Crippen molar-refractivity contribution in [3.63, 3.8) is 0 Å². The Kier molecular flexibility index (Phi) is 9.30. The van der Waals surface area contributed by atoms with E-state index in [1.807, 2.05) is 0 Å². The van der Waals surface area contributed by atoms with Crippen LogP contribution in [0.2, 0.25) is 0 Å². The molecule has 0 unspecified atom stereocenters. The highest BCUT2D eigenvalue weighted by atomic mass is 31.2. The lowest BCUT2D eigenvalue weighted by atomic mass is 9.94. The first-order valence-electron chi connectivity index (χ1n) is 10.5. The van der Waals surface area contributed by atoms with E-state index in [0.717, 1.165) is 0 Å². The maximum Gasteiger partial charge on any atom is 0.469 e. The monoisotopic (exact) mass is 485 g/mol. The molecule has 12 heteroatoms. The smallest absolute Gasteiger partial charge is 0.469 e. The van der Waals surface area contributed by atoms with E-state index >= 15 is 0 Å². The summed E-state index contributed by atoms with van der Waals surface area (Å²) < 4.78 is 20.6. The number of anilines is 1. The molecule has 4 N–H and O–H groups in total. The van der Waals surface area contributed by atoms with E-state index in [4.69, 9.17) is 14.5 Å². The third-order valence-corrected chi connectivity index (χ3v) is 5.89. The summed E-state index contributed by atoms with van der Waals surface area (Å²) in [6.07, 6.45) is -0.396. The number of phenolic OH excluding ortho intramolecular Hbond substituents is 1. The maximum atomic E-state index is 12.8. The van der Waals surface area contributed by atoms with Gasteiger partial charge in [0, 0.05) is 31.1 Å². The lowest BCUT2D eigenvalue weighted by Crippen LogP contribution is -2.27. The van der Waals surface area contributed by atoms with Gasteiger partial charge in [0.25, 0.3) is 5.78 Å². The number of fused-ring (bicyclic) bond motifs is 1. The van der Waals surface area contributed by atoms with Gasteiger partial charge in [-0.3, -0.25) is 18.9 Å². The van der Waals surface area contributed by atoms with Crippen LogP contribution in [0.1, 0.15) is 55.5 Å². The average Bonchev–Trinajstić information content (AvgIpc) is 2.72. The van der Waals surface area contributed by atoms with Crippen molar-refractivity contribution < 1.29 is 47.9 Å². The van der Waals surface area contributed by atoms with Crippen LogP contribution in [0, 0.1) is 5.92 Å². The van der Waals surface area contributed by atoms with Gasteiger partial charge in [0.05, 0.1) is 6.61 Å². The van der Waals surface area contributed by atoms with Gasteiger partial charge in [-0.25, -0.2) is 9.36 Å². The third kappa shape index (κ3) is 8.04. The van der Waals surface area contributed by atoms with Gasteiger partial charge in [-0.2, -0.15) is 0 Å². The number of hydrogen-bond donors (Lipinski definition) is 4. The zero-order chi connectivity index (χ0) is 24.8. The Morgan fingerprint density at radius 3 is 2.42 bits per heavy atom. The highest BCUT2D eigenvalue weighted by molar-refractivity contribution is 7.46. The molecule has 0 spiro atoms. The van der Waals surface area contributed by atoms with E-state index < -0.39 is 37.2 Å². The van der Waals surface area contributed by atoms with Crippen molar-refractivity contribution >= 4 is 36.8 Å². The molecule has 0 aliphatic carbocycles. The van der Waals surface area contributed by atoms with Crippen molar-refractivity contribution in [3.05, 3.63) is 23.3 Å². The topological polar surface area (TPSA) is 177 Å². The fourth-order valence-electron chi connectivity index (χ4n) is 3.34. The number of phosphoric acid groups is 1. The van der Waals surface area contributed by atoms with E-state index in [1.165, 1.54) is 12.1 Å². The summed E-state index contributed by atoms with van der Waals surface area (Å²) in [5.74, 6) is -4.00. The molecule has 0 radical (unpaired) electrons. The van der Waals surface area contributed by atoms with Crippen LogP contribution in [0.3, 0.4) is 0 Å². The van der Waals surface area contributed by atoms with E-state index in [1.54, 1.807) is 13.8 Å². The van der Waals surface area contributed by atoms with Gasteiger partial charge in [0.15, 0.2) is 0 Å². The fourth-order valence-corrected chi connectivity index (χ4v) is 3.67. The summed E-state index contributed by atoms with van der Waals surface area (Å²) in [6, 6.07) is 2.80. The zero-order valence-electron chi connectivity index (χ0n) is 18.4. The Hall–Kier alpha value is -2.59. The van der Waals surface area contributed by atoms with Gasteiger partial charge in [-0.15, -0.1) is 0 Å². The van der Waals surface area contributed by atoms with Crippen LogP contribution in [0.4, 0.5) is 5.69 Å².